The second kappa shape index (κ2) is 8.43. The largest absolute Gasteiger partial charge is 0.431 e. The number of hydrogen-bond acceptors (Lipinski definition) is 6. The zero-order chi connectivity index (χ0) is 24.9. The maximum Gasteiger partial charge on any atom is 0.431 e. The fourth-order valence-electron chi connectivity index (χ4n) is 3.19. The SMILES string of the molecule is Cc1ccc(-c2cc(=O)oc3cc(Sc4ncc(C(O)(C(F)(F)F)C(F)(F)F)s4)ccc23)cc1. The van der Waals surface area contributed by atoms with E-state index in [0.717, 1.165) is 22.9 Å². The van der Waals surface area contributed by atoms with E-state index in [1.54, 1.807) is 12.1 Å². The summed E-state index contributed by atoms with van der Waals surface area (Å²) in [7, 11) is 0. The van der Waals surface area contributed by atoms with Gasteiger partial charge in [0, 0.05) is 22.5 Å². The van der Waals surface area contributed by atoms with Gasteiger partial charge in [0.15, 0.2) is 4.34 Å². The number of aryl methyl sites for hydroxylation is 1. The molecule has 0 saturated heterocycles. The summed E-state index contributed by atoms with van der Waals surface area (Å²) in [6.07, 6.45) is -11.6. The van der Waals surface area contributed by atoms with Crippen molar-refractivity contribution >= 4 is 34.1 Å². The highest BCUT2D eigenvalue weighted by Gasteiger charge is 2.72. The first-order valence-corrected chi connectivity index (χ1v) is 11.1. The van der Waals surface area contributed by atoms with Crippen molar-refractivity contribution in [2.24, 2.45) is 0 Å². The van der Waals surface area contributed by atoms with Crippen molar-refractivity contribution in [3.05, 3.63) is 75.6 Å². The Kier molecular flexibility index (Phi) is 6.03. The van der Waals surface area contributed by atoms with E-state index in [1.807, 2.05) is 31.2 Å². The molecule has 0 spiro atoms. The summed E-state index contributed by atoms with van der Waals surface area (Å²) in [5.74, 6) is 0. The van der Waals surface area contributed by atoms with Crippen molar-refractivity contribution in [2.45, 2.75) is 34.1 Å². The molecule has 0 aliphatic heterocycles. The van der Waals surface area contributed by atoms with Gasteiger partial charge in [0.05, 0.1) is 4.88 Å². The van der Waals surface area contributed by atoms with Crippen molar-refractivity contribution in [1.29, 1.82) is 0 Å². The quantitative estimate of drug-likeness (QED) is 0.242. The number of thiazole rings is 1. The van der Waals surface area contributed by atoms with E-state index < -0.39 is 28.5 Å². The highest BCUT2D eigenvalue weighted by Crippen LogP contribution is 2.52. The molecule has 0 amide bonds. The van der Waals surface area contributed by atoms with Gasteiger partial charge in [-0.2, -0.15) is 26.3 Å². The Labute approximate surface area is 195 Å². The number of aromatic nitrogens is 1. The highest BCUT2D eigenvalue weighted by molar-refractivity contribution is 8.01. The molecule has 2 heterocycles. The van der Waals surface area contributed by atoms with Crippen LogP contribution < -0.4 is 5.63 Å². The summed E-state index contributed by atoms with van der Waals surface area (Å²) >= 11 is 0.837. The van der Waals surface area contributed by atoms with E-state index in [4.69, 9.17) is 4.42 Å². The fourth-order valence-corrected chi connectivity index (χ4v) is 5.30. The average molecular weight is 517 g/mol. The van der Waals surface area contributed by atoms with Crippen LogP contribution >= 0.6 is 23.1 Å². The van der Waals surface area contributed by atoms with E-state index >= 15 is 0 Å². The normalized spacial score (nSPS) is 12.9. The maximum absolute atomic E-state index is 13.1. The van der Waals surface area contributed by atoms with Crippen LogP contribution in [0.4, 0.5) is 26.3 Å². The van der Waals surface area contributed by atoms with Gasteiger partial charge in [0.25, 0.3) is 5.60 Å². The molecule has 4 rings (SSSR count). The van der Waals surface area contributed by atoms with E-state index in [9.17, 15) is 36.2 Å². The van der Waals surface area contributed by atoms with Gasteiger partial charge in [-0.25, -0.2) is 9.78 Å². The predicted molar refractivity (Wildman–Crippen MR) is 115 cm³/mol. The minimum absolute atomic E-state index is 0.0678. The molecule has 4 nitrogen and oxygen atoms in total. The Morgan fingerprint density at radius 1 is 0.971 bits per heavy atom. The first-order chi connectivity index (χ1) is 15.8. The molecule has 4 aromatic rings. The monoisotopic (exact) mass is 517 g/mol. The zero-order valence-corrected chi connectivity index (χ0v) is 18.6. The van der Waals surface area contributed by atoms with E-state index in [1.165, 1.54) is 12.1 Å². The second-order valence-electron chi connectivity index (χ2n) is 7.30. The van der Waals surface area contributed by atoms with Crippen molar-refractivity contribution < 1.29 is 35.9 Å². The third-order valence-electron chi connectivity index (χ3n) is 4.95. The molecule has 178 valence electrons. The first-order valence-electron chi connectivity index (χ1n) is 9.44. The number of nitrogens with zero attached hydrogens (tertiary/aromatic N) is 1. The van der Waals surface area contributed by atoms with Crippen LogP contribution in [0.15, 0.2) is 73.2 Å². The lowest BCUT2D eigenvalue weighted by atomic mass is 10.0. The molecule has 0 atom stereocenters. The van der Waals surface area contributed by atoms with Crippen molar-refractivity contribution in [2.75, 3.05) is 0 Å². The van der Waals surface area contributed by atoms with E-state index in [0.29, 0.717) is 22.0 Å². The number of alkyl halides is 6. The molecule has 12 heteroatoms. The number of fused-ring (bicyclic) bond motifs is 1. The lowest BCUT2D eigenvalue weighted by Gasteiger charge is -2.30. The summed E-state index contributed by atoms with van der Waals surface area (Å²) in [5.41, 5.74) is -3.06. The number of benzene rings is 2. The maximum atomic E-state index is 13.1. The van der Waals surface area contributed by atoms with Gasteiger partial charge in [-0.05, 0) is 36.2 Å². The predicted octanol–water partition coefficient (Wildman–Crippen LogP) is 6.69. The summed E-state index contributed by atoms with van der Waals surface area (Å²) in [6.45, 7) is 1.92. The summed E-state index contributed by atoms with van der Waals surface area (Å²) < 4.78 is 83.6. The lowest BCUT2D eigenvalue weighted by molar-refractivity contribution is -0.375. The average Bonchev–Trinajstić information content (AvgIpc) is 3.20. The second-order valence-corrected chi connectivity index (χ2v) is 9.65. The van der Waals surface area contributed by atoms with Gasteiger partial charge in [-0.3, -0.25) is 0 Å². The van der Waals surface area contributed by atoms with Gasteiger partial charge in [0.1, 0.15) is 5.58 Å². The molecule has 2 aromatic heterocycles. The highest BCUT2D eigenvalue weighted by atomic mass is 32.2. The number of rotatable bonds is 4. The van der Waals surface area contributed by atoms with Crippen LogP contribution in [0.2, 0.25) is 0 Å². The number of aliphatic hydroxyl groups is 1. The Hall–Kier alpha value is -2.83. The third kappa shape index (κ3) is 4.32. The topological polar surface area (TPSA) is 63.3 Å². The van der Waals surface area contributed by atoms with Crippen LogP contribution in [0.5, 0.6) is 0 Å². The van der Waals surface area contributed by atoms with Gasteiger partial charge in [0.2, 0.25) is 0 Å². The molecule has 34 heavy (non-hydrogen) atoms. The molecule has 0 radical (unpaired) electrons. The summed E-state index contributed by atoms with van der Waals surface area (Å²) in [6, 6.07) is 13.4. The molecule has 0 unspecified atom stereocenters. The van der Waals surface area contributed by atoms with Crippen molar-refractivity contribution in [3.63, 3.8) is 0 Å². The number of hydrogen-bond donors (Lipinski definition) is 1. The molecule has 0 aliphatic rings. The van der Waals surface area contributed by atoms with Crippen LogP contribution in [-0.4, -0.2) is 22.4 Å². The fraction of sp³-hybridized carbons (Fsp3) is 0.182. The third-order valence-corrected chi connectivity index (χ3v) is 7.12. The standard InChI is InChI=1S/C22H13F6NO3S2/c1-11-2-4-12(5-3-11)15-9-18(30)32-16-8-13(6-7-14(15)16)33-19-29-10-17(34-19)20(31,21(23,24)25)22(26,27)28/h2-10,31H,1H3. The van der Waals surface area contributed by atoms with Crippen LogP contribution in [-0.2, 0) is 5.60 Å². The Bertz CT molecular complexity index is 1390. The molecular formula is C22H13F6NO3S2. The van der Waals surface area contributed by atoms with E-state index in [2.05, 4.69) is 4.98 Å². The minimum Gasteiger partial charge on any atom is -0.423 e. The molecule has 0 bridgehead atoms. The van der Waals surface area contributed by atoms with Crippen LogP contribution in [0, 0.1) is 6.92 Å². The molecule has 0 aliphatic carbocycles. The zero-order valence-electron chi connectivity index (χ0n) is 17.0. The van der Waals surface area contributed by atoms with Gasteiger partial charge >= 0.3 is 18.0 Å². The molecule has 0 saturated carbocycles. The van der Waals surface area contributed by atoms with E-state index in [-0.39, 0.29) is 21.3 Å². The minimum atomic E-state index is -5.99. The molecule has 0 fully saturated rings. The molecule has 2 aromatic carbocycles. The lowest BCUT2D eigenvalue weighted by Crippen LogP contribution is -2.53. The van der Waals surface area contributed by atoms with Crippen molar-refractivity contribution in [3.8, 4) is 11.1 Å². The van der Waals surface area contributed by atoms with Crippen LogP contribution in [0.3, 0.4) is 0 Å². The van der Waals surface area contributed by atoms with Crippen molar-refractivity contribution in [1.82, 2.24) is 4.98 Å². The first kappa shape index (κ1) is 24.3. The Balaban J connectivity index is 1.70. The summed E-state index contributed by atoms with van der Waals surface area (Å²) in [4.78, 5) is 14.7. The van der Waals surface area contributed by atoms with Crippen LogP contribution in [0.1, 0.15) is 10.4 Å². The molecular weight excluding hydrogens is 504 g/mol. The Morgan fingerprint density at radius 2 is 1.62 bits per heavy atom. The smallest absolute Gasteiger partial charge is 0.423 e. The number of halogens is 6. The summed E-state index contributed by atoms with van der Waals surface area (Å²) in [5, 5.41) is 10.1. The Morgan fingerprint density at radius 3 is 2.24 bits per heavy atom. The molecule has 1 N–H and O–H groups in total. The van der Waals surface area contributed by atoms with Gasteiger partial charge in [-0.15, -0.1) is 11.3 Å². The van der Waals surface area contributed by atoms with Gasteiger partial charge in [-0.1, -0.05) is 41.6 Å². The van der Waals surface area contributed by atoms with Gasteiger partial charge < -0.3 is 9.52 Å². The van der Waals surface area contributed by atoms with Crippen LogP contribution in [0.25, 0.3) is 22.1 Å².